The Hall–Kier alpha value is -1.03. The molecule has 0 unspecified atom stereocenters. The number of halogens is 2. The fourth-order valence-corrected chi connectivity index (χ4v) is 2.27. The van der Waals surface area contributed by atoms with Gasteiger partial charge >= 0.3 is 0 Å². The van der Waals surface area contributed by atoms with E-state index in [1.54, 1.807) is 12.1 Å². The van der Waals surface area contributed by atoms with Crippen molar-refractivity contribution >= 4 is 23.2 Å². The lowest BCUT2D eigenvalue weighted by atomic mass is 10.2. The number of nitrogens with zero attached hydrogens (tertiary/aromatic N) is 2. The zero-order valence-electron chi connectivity index (χ0n) is 11.1. The highest BCUT2D eigenvalue weighted by Crippen LogP contribution is 2.25. The molecule has 0 spiro atoms. The largest absolute Gasteiger partial charge is 0.313 e. The molecule has 0 atom stereocenters. The van der Waals surface area contributed by atoms with E-state index < -0.39 is 0 Å². The first-order chi connectivity index (χ1) is 9.13. The van der Waals surface area contributed by atoms with Crippen LogP contribution in [-0.2, 0) is 6.54 Å². The predicted octanol–water partition coefficient (Wildman–Crippen LogP) is 3.99. The van der Waals surface area contributed by atoms with E-state index in [0.717, 1.165) is 30.9 Å². The summed E-state index contributed by atoms with van der Waals surface area (Å²) in [5.74, 6) is 0. The summed E-state index contributed by atoms with van der Waals surface area (Å²) in [5, 5.41) is 9.07. The minimum atomic E-state index is 0.642. The number of hydrogen-bond acceptors (Lipinski definition) is 2. The number of hydrogen-bond donors (Lipinski definition) is 1. The van der Waals surface area contributed by atoms with Crippen molar-refractivity contribution in [3.63, 3.8) is 0 Å². The summed E-state index contributed by atoms with van der Waals surface area (Å²) in [5.41, 5.74) is 3.06. The van der Waals surface area contributed by atoms with E-state index in [-0.39, 0.29) is 0 Å². The molecule has 1 aromatic heterocycles. The predicted molar refractivity (Wildman–Crippen MR) is 80.3 cm³/mol. The van der Waals surface area contributed by atoms with Crippen LogP contribution in [0.4, 0.5) is 0 Å². The lowest BCUT2D eigenvalue weighted by Crippen LogP contribution is -2.14. The summed E-state index contributed by atoms with van der Waals surface area (Å²) in [7, 11) is 0. The summed E-state index contributed by atoms with van der Waals surface area (Å²) >= 11 is 12.2. The molecule has 0 aliphatic rings. The van der Waals surface area contributed by atoms with Crippen LogP contribution in [0.15, 0.2) is 24.4 Å². The quantitative estimate of drug-likeness (QED) is 0.846. The Morgan fingerprint density at radius 1 is 1.32 bits per heavy atom. The van der Waals surface area contributed by atoms with Crippen LogP contribution < -0.4 is 5.32 Å². The maximum atomic E-state index is 6.20. The molecule has 1 aromatic carbocycles. The van der Waals surface area contributed by atoms with E-state index in [1.165, 1.54) is 5.56 Å². The zero-order chi connectivity index (χ0) is 13.8. The van der Waals surface area contributed by atoms with Gasteiger partial charge in [0, 0.05) is 22.8 Å². The van der Waals surface area contributed by atoms with Crippen LogP contribution in [0.3, 0.4) is 0 Å². The minimum absolute atomic E-state index is 0.642. The molecule has 102 valence electrons. The first-order valence-corrected chi connectivity index (χ1v) is 7.08. The van der Waals surface area contributed by atoms with Crippen molar-refractivity contribution in [2.24, 2.45) is 0 Å². The Morgan fingerprint density at radius 2 is 2.11 bits per heavy atom. The highest BCUT2D eigenvalue weighted by Gasteiger charge is 2.11. The molecule has 0 amide bonds. The lowest BCUT2D eigenvalue weighted by molar-refractivity contribution is 0.672. The molecule has 0 aliphatic carbocycles. The van der Waals surface area contributed by atoms with E-state index in [2.05, 4.69) is 17.3 Å². The standard InChI is InChI=1S/C14H17Cl2N3/c1-3-6-17-8-11-9-18-19(10(11)2)14-7-12(15)4-5-13(14)16/h4-5,7,9,17H,3,6,8H2,1-2H3. The molecule has 0 saturated carbocycles. The second kappa shape index (κ2) is 6.42. The maximum absolute atomic E-state index is 6.20. The van der Waals surface area contributed by atoms with Gasteiger partial charge in [0.05, 0.1) is 16.9 Å². The highest BCUT2D eigenvalue weighted by molar-refractivity contribution is 6.34. The van der Waals surface area contributed by atoms with Crippen molar-refractivity contribution in [1.29, 1.82) is 0 Å². The van der Waals surface area contributed by atoms with Gasteiger partial charge in [-0.3, -0.25) is 0 Å². The first-order valence-electron chi connectivity index (χ1n) is 6.33. The third kappa shape index (κ3) is 3.30. The van der Waals surface area contributed by atoms with Gasteiger partial charge in [-0.25, -0.2) is 4.68 Å². The van der Waals surface area contributed by atoms with Crippen molar-refractivity contribution in [2.75, 3.05) is 6.54 Å². The van der Waals surface area contributed by atoms with Crippen molar-refractivity contribution in [1.82, 2.24) is 15.1 Å². The summed E-state index contributed by atoms with van der Waals surface area (Å²) in [6, 6.07) is 5.39. The van der Waals surface area contributed by atoms with E-state index in [4.69, 9.17) is 23.2 Å². The zero-order valence-corrected chi connectivity index (χ0v) is 12.6. The topological polar surface area (TPSA) is 29.9 Å². The smallest absolute Gasteiger partial charge is 0.0849 e. The van der Waals surface area contributed by atoms with Gasteiger partial charge in [-0.15, -0.1) is 0 Å². The summed E-state index contributed by atoms with van der Waals surface area (Å²) in [6.07, 6.45) is 2.99. The molecule has 2 rings (SSSR count). The van der Waals surface area contributed by atoms with Crippen LogP contribution in [0.5, 0.6) is 0 Å². The van der Waals surface area contributed by atoms with Gasteiger partial charge in [-0.05, 0) is 38.1 Å². The Labute approximate surface area is 123 Å². The molecule has 0 fully saturated rings. The first kappa shape index (κ1) is 14.4. The minimum Gasteiger partial charge on any atom is -0.313 e. The van der Waals surface area contributed by atoms with Crippen LogP contribution in [0.2, 0.25) is 10.0 Å². The Kier molecular flexibility index (Phi) is 4.86. The van der Waals surface area contributed by atoms with Crippen molar-refractivity contribution in [3.8, 4) is 5.69 Å². The van der Waals surface area contributed by atoms with Crippen molar-refractivity contribution in [2.45, 2.75) is 26.8 Å². The summed E-state index contributed by atoms with van der Waals surface area (Å²) in [6.45, 7) is 6.00. The van der Waals surface area contributed by atoms with Crippen LogP contribution in [0.1, 0.15) is 24.6 Å². The molecular weight excluding hydrogens is 281 g/mol. The van der Waals surface area contributed by atoms with Gasteiger partial charge in [0.1, 0.15) is 0 Å². The van der Waals surface area contributed by atoms with Gasteiger partial charge in [0.25, 0.3) is 0 Å². The maximum Gasteiger partial charge on any atom is 0.0849 e. The average molecular weight is 298 g/mol. The van der Waals surface area contributed by atoms with Crippen molar-refractivity contribution in [3.05, 3.63) is 45.7 Å². The fraction of sp³-hybridized carbons (Fsp3) is 0.357. The molecule has 0 bridgehead atoms. The van der Waals surface area contributed by atoms with Gasteiger partial charge in [0.2, 0.25) is 0 Å². The molecule has 5 heteroatoms. The molecule has 19 heavy (non-hydrogen) atoms. The summed E-state index contributed by atoms with van der Waals surface area (Å²) in [4.78, 5) is 0. The number of nitrogens with one attached hydrogen (secondary N) is 1. The summed E-state index contributed by atoms with van der Waals surface area (Å²) < 4.78 is 1.83. The third-order valence-corrected chi connectivity index (χ3v) is 3.54. The second-order valence-electron chi connectivity index (χ2n) is 4.44. The molecular formula is C14H17Cl2N3. The van der Waals surface area contributed by atoms with Gasteiger partial charge in [0.15, 0.2) is 0 Å². The fourth-order valence-electron chi connectivity index (χ4n) is 1.91. The monoisotopic (exact) mass is 297 g/mol. The van der Waals surface area contributed by atoms with Crippen LogP contribution in [0, 0.1) is 6.92 Å². The average Bonchev–Trinajstić information content (AvgIpc) is 2.75. The molecule has 2 aromatic rings. The van der Waals surface area contributed by atoms with Gasteiger partial charge < -0.3 is 5.32 Å². The molecule has 0 saturated heterocycles. The Morgan fingerprint density at radius 3 is 2.84 bits per heavy atom. The van der Waals surface area contributed by atoms with E-state index in [9.17, 15) is 0 Å². The molecule has 1 N–H and O–H groups in total. The molecule has 0 aliphatic heterocycles. The second-order valence-corrected chi connectivity index (χ2v) is 5.28. The van der Waals surface area contributed by atoms with Gasteiger partial charge in [-0.1, -0.05) is 30.1 Å². The van der Waals surface area contributed by atoms with Crippen LogP contribution >= 0.6 is 23.2 Å². The molecule has 0 radical (unpaired) electrons. The van der Waals surface area contributed by atoms with Crippen molar-refractivity contribution < 1.29 is 0 Å². The number of aromatic nitrogens is 2. The Bertz CT molecular complexity index is 564. The number of rotatable bonds is 5. The third-order valence-electron chi connectivity index (χ3n) is 2.99. The highest BCUT2D eigenvalue weighted by atomic mass is 35.5. The SMILES string of the molecule is CCCNCc1cnn(-c2cc(Cl)ccc2Cl)c1C. The normalized spacial score (nSPS) is 10.9. The molecule has 1 heterocycles. The van der Waals surface area contributed by atoms with Gasteiger partial charge in [-0.2, -0.15) is 5.10 Å². The molecule has 3 nitrogen and oxygen atoms in total. The van der Waals surface area contributed by atoms with Crippen LogP contribution in [0.25, 0.3) is 5.69 Å². The van der Waals surface area contributed by atoms with E-state index in [1.807, 2.05) is 23.9 Å². The lowest BCUT2D eigenvalue weighted by Gasteiger charge is -2.08. The van der Waals surface area contributed by atoms with E-state index in [0.29, 0.717) is 10.0 Å². The van der Waals surface area contributed by atoms with E-state index >= 15 is 0 Å². The Balaban J connectivity index is 2.28. The number of benzene rings is 1. The van der Waals surface area contributed by atoms with Crippen LogP contribution in [-0.4, -0.2) is 16.3 Å².